The van der Waals surface area contributed by atoms with Crippen molar-refractivity contribution in [1.82, 2.24) is 9.29 Å². The van der Waals surface area contributed by atoms with E-state index in [4.69, 9.17) is 0 Å². The van der Waals surface area contributed by atoms with Gasteiger partial charge < -0.3 is 5.32 Å². The van der Waals surface area contributed by atoms with E-state index in [1.54, 1.807) is 24.4 Å². The number of nitrogens with zero attached hydrogens (tertiary/aromatic N) is 3. The Hall–Kier alpha value is -3.82. The molecule has 0 aliphatic carbocycles. The third kappa shape index (κ3) is 4.36. The largest absolute Gasteiger partial charge is 0.322 e. The zero-order chi connectivity index (χ0) is 24.6. The van der Waals surface area contributed by atoms with Gasteiger partial charge in [-0.3, -0.25) is 14.1 Å². The zero-order valence-corrected chi connectivity index (χ0v) is 19.8. The smallest absolute Gasteiger partial charge is 0.303 e. The number of hydrogen-bond donors (Lipinski definition) is 1. The molecule has 1 saturated heterocycles. The number of amides is 1. The molecule has 1 aromatic heterocycles. The highest BCUT2D eigenvalue weighted by Gasteiger charge is 2.31. The molecule has 1 aliphatic heterocycles. The van der Waals surface area contributed by atoms with Gasteiger partial charge in [0.1, 0.15) is 5.82 Å². The fourth-order valence-electron chi connectivity index (χ4n) is 4.23. The molecule has 1 amide bonds. The Balaban J connectivity index is 1.40. The SMILES string of the molecule is CN1CCCN(c2ccc(C(=O)Nc3cccc(-c4nccc5ccccc45)c3)c(F)c2)S1(=O)=O. The number of nitrogens with one attached hydrogen (secondary N) is 1. The maximum atomic E-state index is 14.9. The molecule has 4 aromatic rings. The van der Waals surface area contributed by atoms with Crippen LogP contribution in [-0.2, 0) is 10.2 Å². The quantitative estimate of drug-likeness (QED) is 0.450. The fraction of sp³-hybridized carbons (Fsp3) is 0.154. The Kier molecular flexibility index (Phi) is 5.96. The molecular weight excluding hydrogens is 467 g/mol. The Morgan fingerprint density at radius 2 is 1.83 bits per heavy atom. The first-order chi connectivity index (χ1) is 16.8. The van der Waals surface area contributed by atoms with Crippen LogP contribution in [0.15, 0.2) is 79.0 Å². The summed E-state index contributed by atoms with van der Waals surface area (Å²) in [5.41, 5.74) is 2.10. The Labute approximate surface area is 203 Å². The summed E-state index contributed by atoms with van der Waals surface area (Å²) in [4.78, 5) is 17.4. The summed E-state index contributed by atoms with van der Waals surface area (Å²) in [7, 11) is -2.22. The standard InChI is InChI=1S/C26H23FN4O3S/c1-30-14-5-15-31(35(30,33)34)21-10-11-23(24(27)17-21)26(32)29-20-8-4-7-19(16-20)25-22-9-3-2-6-18(22)12-13-28-25/h2-4,6-13,16-17H,5,14-15H2,1H3,(H,29,32). The Morgan fingerprint density at radius 3 is 2.66 bits per heavy atom. The third-order valence-electron chi connectivity index (χ3n) is 6.06. The van der Waals surface area contributed by atoms with Crippen LogP contribution < -0.4 is 9.62 Å². The molecule has 0 atom stereocenters. The van der Waals surface area contributed by atoms with Gasteiger partial charge in [0.05, 0.1) is 16.9 Å². The average molecular weight is 491 g/mol. The highest BCUT2D eigenvalue weighted by Crippen LogP contribution is 2.29. The lowest BCUT2D eigenvalue weighted by atomic mass is 10.0. The van der Waals surface area contributed by atoms with Crippen molar-refractivity contribution in [2.24, 2.45) is 0 Å². The van der Waals surface area contributed by atoms with E-state index in [1.807, 2.05) is 36.4 Å². The van der Waals surface area contributed by atoms with Gasteiger partial charge in [-0.25, -0.2) is 4.39 Å². The number of fused-ring (bicyclic) bond motifs is 1. The number of pyridine rings is 1. The lowest BCUT2D eigenvalue weighted by Crippen LogP contribution is -2.48. The van der Waals surface area contributed by atoms with Crippen LogP contribution in [0, 0.1) is 5.82 Å². The molecule has 1 N–H and O–H groups in total. The Morgan fingerprint density at radius 1 is 1.00 bits per heavy atom. The molecule has 0 saturated carbocycles. The van der Waals surface area contributed by atoms with Crippen LogP contribution in [0.2, 0.25) is 0 Å². The molecule has 9 heteroatoms. The second-order valence-corrected chi connectivity index (χ2v) is 10.3. The van der Waals surface area contributed by atoms with Crippen LogP contribution in [0.25, 0.3) is 22.0 Å². The lowest BCUT2D eigenvalue weighted by Gasteiger charge is -2.33. The Bertz CT molecular complexity index is 1540. The van der Waals surface area contributed by atoms with Gasteiger partial charge >= 0.3 is 10.2 Å². The van der Waals surface area contributed by atoms with E-state index in [2.05, 4.69) is 10.3 Å². The van der Waals surface area contributed by atoms with Gasteiger partial charge in [0.2, 0.25) is 0 Å². The van der Waals surface area contributed by atoms with Gasteiger partial charge in [-0.2, -0.15) is 12.7 Å². The van der Waals surface area contributed by atoms with E-state index < -0.39 is 21.9 Å². The molecule has 0 spiro atoms. The molecule has 3 aromatic carbocycles. The van der Waals surface area contributed by atoms with Gasteiger partial charge in [-0.05, 0) is 48.2 Å². The van der Waals surface area contributed by atoms with Gasteiger partial charge in [0, 0.05) is 43.0 Å². The highest BCUT2D eigenvalue weighted by molar-refractivity contribution is 7.90. The molecule has 178 valence electrons. The molecule has 1 aliphatic rings. The van der Waals surface area contributed by atoms with Crippen molar-refractivity contribution in [3.8, 4) is 11.3 Å². The summed E-state index contributed by atoms with van der Waals surface area (Å²) >= 11 is 0. The zero-order valence-electron chi connectivity index (χ0n) is 19.0. The van der Waals surface area contributed by atoms with Gasteiger partial charge in [0.15, 0.2) is 0 Å². The highest BCUT2D eigenvalue weighted by atomic mass is 32.2. The van der Waals surface area contributed by atoms with E-state index in [9.17, 15) is 17.6 Å². The van der Waals surface area contributed by atoms with E-state index in [-0.39, 0.29) is 17.8 Å². The number of anilines is 2. The number of rotatable bonds is 4. The minimum atomic E-state index is -3.71. The molecule has 5 rings (SSSR count). The van der Waals surface area contributed by atoms with Crippen molar-refractivity contribution in [2.75, 3.05) is 29.8 Å². The summed E-state index contributed by atoms with van der Waals surface area (Å²) in [5, 5.41) is 4.77. The summed E-state index contributed by atoms with van der Waals surface area (Å²) < 4.78 is 42.4. The van der Waals surface area contributed by atoms with Gasteiger partial charge in [-0.1, -0.05) is 36.4 Å². The minimum absolute atomic E-state index is 0.176. The van der Waals surface area contributed by atoms with E-state index in [1.165, 1.54) is 23.5 Å². The van der Waals surface area contributed by atoms with Crippen molar-refractivity contribution >= 4 is 38.3 Å². The first-order valence-corrected chi connectivity index (χ1v) is 12.5. The molecular formula is C26H23FN4O3S. The monoisotopic (exact) mass is 490 g/mol. The molecule has 0 bridgehead atoms. The van der Waals surface area contributed by atoms with Crippen molar-refractivity contribution < 1.29 is 17.6 Å². The van der Waals surface area contributed by atoms with Gasteiger partial charge in [0.25, 0.3) is 5.91 Å². The van der Waals surface area contributed by atoms with Crippen LogP contribution in [0.1, 0.15) is 16.8 Å². The molecule has 1 fully saturated rings. The number of carbonyl (C=O) groups excluding carboxylic acids is 1. The number of benzene rings is 3. The molecule has 2 heterocycles. The van der Waals surface area contributed by atoms with Gasteiger partial charge in [-0.15, -0.1) is 0 Å². The maximum absolute atomic E-state index is 14.9. The molecule has 0 radical (unpaired) electrons. The van der Waals surface area contributed by atoms with E-state index >= 15 is 0 Å². The number of hydrogen-bond acceptors (Lipinski definition) is 4. The first-order valence-electron chi connectivity index (χ1n) is 11.1. The number of halogens is 1. The van der Waals surface area contributed by atoms with Crippen LogP contribution >= 0.6 is 0 Å². The van der Waals surface area contributed by atoms with Crippen LogP contribution in [0.3, 0.4) is 0 Å². The summed E-state index contributed by atoms with van der Waals surface area (Å²) in [6.45, 7) is 0.668. The minimum Gasteiger partial charge on any atom is -0.322 e. The van der Waals surface area contributed by atoms with E-state index in [0.717, 1.165) is 32.4 Å². The predicted octanol–water partition coefficient (Wildman–Crippen LogP) is 4.68. The van der Waals surface area contributed by atoms with Crippen LogP contribution in [0.5, 0.6) is 0 Å². The summed E-state index contributed by atoms with van der Waals surface area (Å²) in [6.07, 6.45) is 2.36. The van der Waals surface area contributed by atoms with Crippen LogP contribution in [-0.4, -0.2) is 43.8 Å². The second-order valence-electron chi connectivity index (χ2n) is 8.33. The van der Waals surface area contributed by atoms with Crippen molar-refractivity contribution in [2.45, 2.75) is 6.42 Å². The summed E-state index contributed by atoms with van der Waals surface area (Å²) in [6, 6.07) is 20.9. The summed E-state index contributed by atoms with van der Waals surface area (Å²) in [5.74, 6) is -1.43. The van der Waals surface area contributed by atoms with Crippen molar-refractivity contribution in [3.63, 3.8) is 0 Å². The first kappa shape index (κ1) is 22.9. The number of carbonyl (C=O) groups is 1. The number of aromatic nitrogens is 1. The predicted molar refractivity (Wildman–Crippen MR) is 135 cm³/mol. The van der Waals surface area contributed by atoms with Crippen LogP contribution in [0.4, 0.5) is 15.8 Å². The van der Waals surface area contributed by atoms with Crippen molar-refractivity contribution in [3.05, 3.63) is 90.4 Å². The lowest BCUT2D eigenvalue weighted by molar-refractivity contribution is 0.102. The topological polar surface area (TPSA) is 82.6 Å². The van der Waals surface area contributed by atoms with Crippen molar-refractivity contribution in [1.29, 1.82) is 0 Å². The second kappa shape index (κ2) is 9.09. The fourth-order valence-corrected chi connectivity index (χ4v) is 5.67. The average Bonchev–Trinajstić information content (AvgIpc) is 2.85. The van der Waals surface area contributed by atoms with E-state index in [0.29, 0.717) is 18.7 Å². The molecule has 35 heavy (non-hydrogen) atoms. The molecule has 7 nitrogen and oxygen atoms in total. The maximum Gasteiger partial charge on any atom is 0.303 e. The third-order valence-corrected chi connectivity index (χ3v) is 7.98. The normalized spacial score (nSPS) is 15.8. The molecule has 0 unspecified atom stereocenters.